The Morgan fingerprint density at radius 3 is 1.79 bits per heavy atom. The summed E-state index contributed by atoms with van der Waals surface area (Å²) in [5.74, 6) is -9.83. The highest BCUT2D eigenvalue weighted by molar-refractivity contribution is 5.82. The third kappa shape index (κ3) is 3.63. The molecule has 162 valence electrons. The average Bonchev–Trinajstić information content (AvgIpc) is 2.86. The molecule has 33 heavy (non-hydrogen) atoms. The maximum atomic E-state index is 14.1. The Morgan fingerprint density at radius 2 is 1.06 bits per heavy atom. The molecule has 0 radical (unpaired) electrons. The van der Waals surface area contributed by atoms with Gasteiger partial charge in [0.2, 0.25) is 5.82 Å². The molecule has 0 saturated carbocycles. The van der Waals surface area contributed by atoms with E-state index in [4.69, 9.17) is 4.98 Å². The number of rotatable bonds is 3. The van der Waals surface area contributed by atoms with Gasteiger partial charge in [0.05, 0.1) is 16.8 Å². The lowest BCUT2D eigenvalue weighted by Gasteiger charge is -2.10. The summed E-state index contributed by atoms with van der Waals surface area (Å²) in [4.78, 5) is 4.69. The highest BCUT2D eigenvalue weighted by Gasteiger charge is 2.26. The van der Waals surface area contributed by atoms with E-state index in [0.29, 0.717) is 5.56 Å². The zero-order valence-electron chi connectivity index (χ0n) is 16.9. The minimum atomic E-state index is -2.18. The Hall–Kier alpha value is -4.06. The summed E-state index contributed by atoms with van der Waals surface area (Å²) in [5.41, 5.74) is 2.99. The average molecular weight is 447 g/mol. The van der Waals surface area contributed by atoms with Crippen LogP contribution in [0.5, 0.6) is 0 Å². The van der Waals surface area contributed by atoms with Crippen LogP contribution >= 0.6 is 0 Å². The lowest BCUT2D eigenvalue weighted by Crippen LogP contribution is -2.03. The third-order valence-electron chi connectivity index (χ3n) is 5.47. The van der Waals surface area contributed by atoms with E-state index in [-0.39, 0.29) is 5.56 Å². The van der Waals surface area contributed by atoms with Gasteiger partial charge in [-0.1, -0.05) is 66.7 Å². The molecule has 6 heteroatoms. The third-order valence-corrected chi connectivity index (χ3v) is 5.47. The van der Waals surface area contributed by atoms with Crippen LogP contribution < -0.4 is 0 Å². The van der Waals surface area contributed by atoms with Crippen LogP contribution in [0.2, 0.25) is 0 Å². The molecule has 1 nitrogen and oxygen atoms in total. The maximum absolute atomic E-state index is 14.1. The molecule has 0 aliphatic heterocycles. The maximum Gasteiger partial charge on any atom is 0.200 e. The van der Waals surface area contributed by atoms with Gasteiger partial charge in [0.15, 0.2) is 23.3 Å². The number of aromatic nitrogens is 1. The highest BCUT2D eigenvalue weighted by Crippen LogP contribution is 2.33. The molecule has 0 N–H and O–H groups in total. The second-order valence-electron chi connectivity index (χ2n) is 7.49. The largest absolute Gasteiger partial charge is 0.248 e. The van der Waals surface area contributed by atoms with Crippen molar-refractivity contribution in [3.8, 4) is 33.5 Å². The van der Waals surface area contributed by atoms with E-state index in [1.54, 1.807) is 12.1 Å². The van der Waals surface area contributed by atoms with Crippen LogP contribution in [0.3, 0.4) is 0 Å². The number of halogens is 5. The fraction of sp³-hybridized carbons (Fsp3) is 0. The summed E-state index contributed by atoms with van der Waals surface area (Å²) < 4.78 is 68.7. The molecule has 0 saturated heterocycles. The number of nitrogens with zero attached hydrogens (tertiary/aromatic N) is 1. The van der Waals surface area contributed by atoms with Crippen LogP contribution in [0.25, 0.3) is 44.4 Å². The number of hydrogen-bond donors (Lipinski definition) is 0. The fourth-order valence-electron chi connectivity index (χ4n) is 3.77. The first-order valence-electron chi connectivity index (χ1n) is 10.0. The van der Waals surface area contributed by atoms with Crippen LogP contribution in [0.15, 0.2) is 84.9 Å². The Kier molecular flexibility index (Phi) is 5.13. The van der Waals surface area contributed by atoms with Crippen molar-refractivity contribution in [3.05, 3.63) is 114 Å². The van der Waals surface area contributed by atoms with E-state index in [2.05, 4.69) is 0 Å². The van der Waals surface area contributed by atoms with Gasteiger partial charge in [0.25, 0.3) is 0 Å². The Balaban J connectivity index is 1.52. The molecule has 0 unspecified atom stereocenters. The van der Waals surface area contributed by atoms with Gasteiger partial charge in [-0.3, -0.25) is 0 Å². The first-order valence-corrected chi connectivity index (χ1v) is 10.0. The lowest BCUT2D eigenvalue weighted by atomic mass is 9.97. The van der Waals surface area contributed by atoms with Crippen LogP contribution in [-0.4, -0.2) is 4.98 Å². The molecule has 0 spiro atoms. The molecule has 4 aromatic carbocycles. The minimum absolute atomic E-state index is 0.112. The summed E-state index contributed by atoms with van der Waals surface area (Å²) >= 11 is 0. The molecule has 0 fully saturated rings. The predicted molar refractivity (Wildman–Crippen MR) is 118 cm³/mol. The van der Waals surface area contributed by atoms with Crippen molar-refractivity contribution in [1.29, 1.82) is 0 Å². The van der Waals surface area contributed by atoms with E-state index in [1.807, 2.05) is 60.7 Å². The van der Waals surface area contributed by atoms with Crippen molar-refractivity contribution >= 4 is 10.9 Å². The number of fused-ring (bicyclic) bond motifs is 1. The molecule has 0 aliphatic rings. The molecule has 0 bridgehead atoms. The Morgan fingerprint density at radius 1 is 0.455 bits per heavy atom. The van der Waals surface area contributed by atoms with Gasteiger partial charge in [0.1, 0.15) is 0 Å². The lowest BCUT2D eigenvalue weighted by molar-refractivity contribution is 0.381. The first kappa shape index (κ1) is 20.8. The van der Waals surface area contributed by atoms with Crippen molar-refractivity contribution in [2.24, 2.45) is 0 Å². The second-order valence-corrected chi connectivity index (χ2v) is 7.49. The van der Waals surface area contributed by atoms with E-state index >= 15 is 0 Å². The number of pyridine rings is 1. The molecule has 1 aromatic heterocycles. The molecule has 0 amide bonds. The Labute approximate surface area is 185 Å². The standard InChI is InChI=1S/C27H14F5N/c28-23-22(24(29)26(31)27(32)25(23)30)17-10-8-15(9-11-17)18-5-3-6-19(14-18)21-13-12-16-4-1-2-7-20(16)33-21/h1-14H. The van der Waals surface area contributed by atoms with Crippen molar-refractivity contribution in [1.82, 2.24) is 4.98 Å². The molecule has 5 rings (SSSR count). The quantitative estimate of drug-likeness (QED) is 0.155. The summed E-state index contributed by atoms with van der Waals surface area (Å²) in [6.07, 6.45) is 0. The Bertz CT molecular complexity index is 1480. The van der Waals surface area contributed by atoms with Crippen molar-refractivity contribution < 1.29 is 22.0 Å². The normalized spacial score (nSPS) is 11.2. The molecule has 0 atom stereocenters. The van der Waals surface area contributed by atoms with Crippen molar-refractivity contribution in [2.45, 2.75) is 0 Å². The van der Waals surface area contributed by atoms with Crippen LogP contribution in [-0.2, 0) is 0 Å². The SMILES string of the molecule is Fc1c(F)c(F)c(-c2ccc(-c3cccc(-c4ccc5ccccc5n4)c3)cc2)c(F)c1F. The highest BCUT2D eigenvalue weighted by atomic mass is 19.2. The number of para-hydroxylation sites is 1. The molecule has 0 aliphatic carbocycles. The van der Waals surface area contributed by atoms with Crippen LogP contribution in [0.1, 0.15) is 0 Å². The van der Waals surface area contributed by atoms with E-state index < -0.39 is 34.6 Å². The van der Waals surface area contributed by atoms with Crippen LogP contribution in [0.4, 0.5) is 22.0 Å². The molecule has 1 heterocycles. The van der Waals surface area contributed by atoms with Gasteiger partial charge in [-0.2, -0.15) is 0 Å². The summed E-state index contributed by atoms with van der Waals surface area (Å²) in [6.45, 7) is 0. The van der Waals surface area contributed by atoms with Crippen molar-refractivity contribution in [2.75, 3.05) is 0 Å². The number of hydrogen-bond acceptors (Lipinski definition) is 1. The van der Waals surface area contributed by atoms with Gasteiger partial charge in [-0.15, -0.1) is 0 Å². The summed E-state index contributed by atoms with van der Waals surface area (Å²) in [7, 11) is 0. The zero-order valence-corrected chi connectivity index (χ0v) is 16.9. The van der Waals surface area contributed by atoms with Gasteiger partial charge in [-0.05, 0) is 34.9 Å². The zero-order chi connectivity index (χ0) is 23.1. The van der Waals surface area contributed by atoms with E-state index in [9.17, 15) is 22.0 Å². The van der Waals surface area contributed by atoms with Gasteiger partial charge >= 0.3 is 0 Å². The van der Waals surface area contributed by atoms with Gasteiger partial charge < -0.3 is 0 Å². The van der Waals surface area contributed by atoms with E-state index in [1.165, 1.54) is 12.1 Å². The molecular formula is C27H14F5N. The van der Waals surface area contributed by atoms with Crippen molar-refractivity contribution in [3.63, 3.8) is 0 Å². The van der Waals surface area contributed by atoms with Gasteiger partial charge in [0, 0.05) is 10.9 Å². The molecular weight excluding hydrogens is 433 g/mol. The van der Waals surface area contributed by atoms with Gasteiger partial charge in [-0.25, -0.2) is 26.9 Å². The van der Waals surface area contributed by atoms with Crippen LogP contribution in [0, 0.1) is 29.1 Å². The fourth-order valence-corrected chi connectivity index (χ4v) is 3.77. The number of benzene rings is 4. The van der Waals surface area contributed by atoms with E-state index in [0.717, 1.165) is 27.7 Å². The summed E-state index contributed by atoms with van der Waals surface area (Å²) in [5, 5.41) is 1.03. The topological polar surface area (TPSA) is 12.9 Å². The minimum Gasteiger partial charge on any atom is -0.248 e. The first-order chi connectivity index (χ1) is 15.9. The predicted octanol–water partition coefficient (Wildman–Crippen LogP) is 7.93. The molecule has 5 aromatic rings. The second kappa shape index (κ2) is 8.13. The monoisotopic (exact) mass is 447 g/mol. The summed E-state index contributed by atoms with van der Waals surface area (Å²) in [6, 6.07) is 25.0. The smallest absolute Gasteiger partial charge is 0.200 e.